The molecule has 1 aromatic heterocycles. The van der Waals surface area contributed by atoms with E-state index in [1.807, 2.05) is 0 Å². The molecular weight excluding hydrogens is 220 g/mol. The number of carbonyl (C=O) groups is 1. The maximum Gasteiger partial charge on any atom is 0.344 e. The molecule has 0 saturated heterocycles. The number of halogens is 1. The average molecular weight is 229 g/mol. The lowest BCUT2D eigenvalue weighted by Gasteiger charge is -2.17. The molecule has 0 aliphatic carbocycles. The van der Waals surface area contributed by atoms with Gasteiger partial charge in [0.25, 0.3) is 5.56 Å². The minimum atomic E-state index is -1.32. The zero-order chi connectivity index (χ0) is 11.0. The van der Waals surface area contributed by atoms with E-state index >= 15 is 0 Å². The molecule has 0 unspecified atom stereocenters. The molecule has 0 spiro atoms. The summed E-state index contributed by atoms with van der Waals surface area (Å²) in [6.45, 7) is 0.526. The van der Waals surface area contributed by atoms with Gasteiger partial charge in [-0.15, -0.1) is 0 Å². The van der Waals surface area contributed by atoms with E-state index in [1.165, 1.54) is 4.57 Å². The van der Waals surface area contributed by atoms with Crippen molar-refractivity contribution in [1.82, 2.24) is 9.55 Å². The zero-order valence-corrected chi connectivity index (χ0v) is 8.62. The molecule has 2 heterocycles. The molecule has 0 fully saturated rings. The van der Waals surface area contributed by atoms with Crippen LogP contribution in [-0.4, -0.2) is 20.6 Å². The summed E-state index contributed by atoms with van der Waals surface area (Å²) in [6.07, 6.45) is 2.50. The van der Waals surface area contributed by atoms with Gasteiger partial charge in [-0.3, -0.25) is 9.36 Å². The number of rotatable bonds is 1. The van der Waals surface area contributed by atoms with Gasteiger partial charge in [-0.1, -0.05) is 11.6 Å². The molecule has 0 amide bonds. The predicted octanol–water partition coefficient (Wildman–Crippen LogP) is 0.931. The molecule has 0 saturated carbocycles. The second-order valence-electron chi connectivity index (χ2n) is 3.41. The normalized spacial score (nSPS) is 14.7. The fourth-order valence-corrected chi connectivity index (χ4v) is 1.98. The van der Waals surface area contributed by atoms with Crippen LogP contribution in [0.4, 0.5) is 0 Å². The van der Waals surface area contributed by atoms with Crippen molar-refractivity contribution in [1.29, 1.82) is 0 Å². The van der Waals surface area contributed by atoms with E-state index in [-0.39, 0.29) is 5.15 Å². The number of aromatic carboxylic acids is 1. The predicted molar refractivity (Wildman–Crippen MR) is 53.4 cm³/mol. The first-order chi connectivity index (χ1) is 7.11. The van der Waals surface area contributed by atoms with Crippen molar-refractivity contribution in [2.24, 2.45) is 0 Å². The van der Waals surface area contributed by atoms with Crippen molar-refractivity contribution in [2.75, 3.05) is 0 Å². The SMILES string of the molecule is O=C(O)c1c(Cl)nc2n(c1=O)CCCC2. The largest absolute Gasteiger partial charge is 0.477 e. The molecule has 5 nitrogen and oxygen atoms in total. The van der Waals surface area contributed by atoms with Crippen LogP contribution in [-0.2, 0) is 13.0 Å². The molecule has 80 valence electrons. The third-order valence-electron chi connectivity index (χ3n) is 2.45. The van der Waals surface area contributed by atoms with Gasteiger partial charge in [-0.2, -0.15) is 0 Å². The Bertz CT molecular complexity index is 481. The molecule has 0 bridgehead atoms. The smallest absolute Gasteiger partial charge is 0.344 e. The van der Waals surface area contributed by atoms with Crippen LogP contribution in [0, 0.1) is 0 Å². The number of aryl methyl sites for hydroxylation is 1. The monoisotopic (exact) mass is 228 g/mol. The molecule has 1 N–H and O–H groups in total. The molecule has 0 radical (unpaired) electrons. The lowest BCUT2D eigenvalue weighted by atomic mass is 10.1. The first-order valence-electron chi connectivity index (χ1n) is 4.64. The summed E-state index contributed by atoms with van der Waals surface area (Å²) in [4.78, 5) is 26.5. The van der Waals surface area contributed by atoms with E-state index < -0.39 is 17.1 Å². The van der Waals surface area contributed by atoms with Crippen molar-refractivity contribution in [3.05, 3.63) is 26.9 Å². The van der Waals surface area contributed by atoms with Gasteiger partial charge in [0.15, 0.2) is 10.7 Å². The van der Waals surface area contributed by atoms with Crippen molar-refractivity contribution >= 4 is 17.6 Å². The summed E-state index contributed by atoms with van der Waals surface area (Å²) in [5.41, 5.74) is -0.973. The summed E-state index contributed by atoms with van der Waals surface area (Å²) < 4.78 is 1.40. The first-order valence-corrected chi connectivity index (χ1v) is 5.01. The summed E-state index contributed by atoms with van der Waals surface area (Å²) in [7, 11) is 0. The Labute approximate surface area is 90.3 Å². The number of nitrogens with zero attached hydrogens (tertiary/aromatic N) is 2. The quantitative estimate of drug-likeness (QED) is 0.726. The molecule has 1 aliphatic rings. The van der Waals surface area contributed by atoms with Crippen LogP contribution in [0.25, 0.3) is 0 Å². The standard InChI is InChI=1S/C9H9ClN2O3/c10-7-6(9(14)15)8(13)12-4-2-1-3-5(12)11-7/h1-4H2,(H,14,15). The van der Waals surface area contributed by atoms with E-state index in [0.717, 1.165) is 12.8 Å². The maximum atomic E-state index is 11.7. The third-order valence-corrected chi connectivity index (χ3v) is 2.72. The van der Waals surface area contributed by atoms with E-state index in [0.29, 0.717) is 18.8 Å². The van der Waals surface area contributed by atoms with E-state index in [2.05, 4.69) is 4.98 Å². The number of hydrogen-bond acceptors (Lipinski definition) is 3. The van der Waals surface area contributed by atoms with Gasteiger partial charge >= 0.3 is 5.97 Å². The van der Waals surface area contributed by atoms with Crippen LogP contribution < -0.4 is 5.56 Å². The Hall–Kier alpha value is -1.36. The van der Waals surface area contributed by atoms with Crippen LogP contribution in [0.1, 0.15) is 29.0 Å². The number of fused-ring (bicyclic) bond motifs is 1. The molecule has 1 aromatic rings. The highest BCUT2D eigenvalue weighted by Gasteiger charge is 2.21. The number of hydrogen-bond donors (Lipinski definition) is 1. The highest BCUT2D eigenvalue weighted by Crippen LogP contribution is 2.15. The molecule has 15 heavy (non-hydrogen) atoms. The minimum absolute atomic E-state index is 0.208. The van der Waals surface area contributed by atoms with Crippen LogP contribution in [0.15, 0.2) is 4.79 Å². The van der Waals surface area contributed by atoms with E-state index in [4.69, 9.17) is 16.7 Å². The maximum absolute atomic E-state index is 11.7. The van der Waals surface area contributed by atoms with Gasteiger partial charge < -0.3 is 5.11 Å². The van der Waals surface area contributed by atoms with Gasteiger partial charge in [0, 0.05) is 13.0 Å². The number of aromatic nitrogens is 2. The molecule has 6 heteroatoms. The van der Waals surface area contributed by atoms with Gasteiger partial charge in [-0.25, -0.2) is 9.78 Å². The first kappa shape index (κ1) is 10.2. The summed E-state index contributed by atoms with van der Waals surface area (Å²) in [5.74, 6) is -0.736. The highest BCUT2D eigenvalue weighted by molar-refractivity contribution is 6.32. The molecule has 0 atom stereocenters. The topological polar surface area (TPSA) is 72.2 Å². The Morgan fingerprint density at radius 2 is 2.20 bits per heavy atom. The van der Waals surface area contributed by atoms with Crippen molar-refractivity contribution in [2.45, 2.75) is 25.8 Å². The lowest BCUT2D eigenvalue weighted by molar-refractivity contribution is 0.0693. The third kappa shape index (κ3) is 1.63. The zero-order valence-electron chi connectivity index (χ0n) is 7.86. The van der Waals surface area contributed by atoms with Crippen LogP contribution >= 0.6 is 11.6 Å². The van der Waals surface area contributed by atoms with E-state index in [1.54, 1.807) is 0 Å². The van der Waals surface area contributed by atoms with Crippen LogP contribution in [0.2, 0.25) is 5.15 Å². The second kappa shape index (κ2) is 3.66. The highest BCUT2D eigenvalue weighted by atomic mass is 35.5. The Morgan fingerprint density at radius 3 is 2.87 bits per heavy atom. The van der Waals surface area contributed by atoms with Crippen molar-refractivity contribution in [3.63, 3.8) is 0 Å². The Balaban J connectivity index is 2.70. The minimum Gasteiger partial charge on any atom is -0.477 e. The summed E-state index contributed by atoms with van der Waals surface area (Å²) in [6, 6.07) is 0. The van der Waals surface area contributed by atoms with Gasteiger partial charge in [0.1, 0.15) is 5.82 Å². The average Bonchev–Trinajstić information content (AvgIpc) is 2.17. The fourth-order valence-electron chi connectivity index (χ4n) is 1.72. The molecular formula is C9H9ClN2O3. The number of carboxylic acid groups (broad SMARTS) is 1. The Kier molecular flexibility index (Phi) is 2.48. The van der Waals surface area contributed by atoms with Gasteiger partial charge in [0.05, 0.1) is 0 Å². The van der Waals surface area contributed by atoms with Crippen LogP contribution in [0.3, 0.4) is 0 Å². The van der Waals surface area contributed by atoms with Gasteiger partial charge in [-0.05, 0) is 12.8 Å². The van der Waals surface area contributed by atoms with Gasteiger partial charge in [0.2, 0.25) is 0 Å². The summed E-state index contributed by atoms with van der Waals surface area (Å²) >= 11 is 5.66. The van der Waals surface area contributed by atoms with Crippen molar-refractivity contribution < 1.29 is 9.90 Å². The molecule has 2 rings (SSSR count). The molecule has 1 aliphatic heterocycles. The fraction of sp³-hybridized carbons (Fsp3) is 0.444. The molecule has 0 aromatic carbocycles. The summed E-state index contributed by atoms with van der Waals surface area (Å²) in [5, 5.41) is 8.60. The Morgan fingerprint density at radius 1 is 1.47 bits per heavy atom. The van der Waals surface area contributed by atoms with E-state index in [9.17, 15) is 9.59 Å². The van der Waals surface area contributed by atoms with Crippen LogP contribution in [0.5, 0.6) is 0 Å². The van der Waals surface area contributed by atoms with Crippen molar-refractivity contribution in [3.8, 4) is 0 Å². The second-order valence-corrected chi connectivity index (χ2v) is 3.77. The lowest BCUT2D eigenvalue weighted by Crippen LogP contribution is -2.32. The number of carboxylic acids is 1.